The lowest BCUT2D eigenvalue weighted by molar-refractivity contribution is 0.327. The first-order valence-corrected chi connectivity index (χ1v) is 8.92. The molecule has 0 aliphatic heterocycles. The third-order valence-electron chi connectivity index (χ3n) is 4.82. The van der Waals surface area contributed by atoms with Gasteiger partial charge in [-0.25, -0.2) is 0 Å². The summed E-state index contributed by atoms with van der Waals surface area (Å²) in [7, 11) is 0. The minimum Gasteiger partial charge on any atom is -0.308 e. The molecule has 0 amide bonds. The minimum absolute atomic E-state index is 0.346. The molecule has 1 aliphatic rings. The Morgan fingerprint density at radius 2 is 2.14 bits per heavy atom. The molecule has 0 spiro atoms. The van der Waals surface area contributed by atoms with E-state index in [9.17, 15) is 0 Å². The first kappa shape index (κ1) is 16.8. The van der Waals surface area contributed by atoms with E-state index in [0.717, 1.165) is 23.9 Å². The molecule has 4 heteroatoms. The Morgan fingerprint density at radius 3 is 2.71 bits per heavy atom. The van der Waals surface area contributed by atoms with E-state index >= 15 is 0 Å². The van der Waals surface area contributed by atoms with Crippen molar-refractivity contribution < 1.29 is 0 Å². The highest BCUT2D eigenvalue weighted by Gasteiger charge is 2.34. The Balaban J connectivity index is 2.26. The third kappa shape index (κ3) is 3.81. The van der Waals surface area contributed by atoms with Crippen LogP contribution in [0.25, 0.3) is 0 Å². The van der Waals surface area contributed by atoms with Crippen molar-refractivity contribution in [1.29, 1.82) is 0 Å². The van der Waals surface area contributed by atoms with E-state index in [1.807, 2.05) is 6.20 Å². The number of halogens is 1. The maximum absolute atomic E-state index is 6.49. The van der Waals surface area contributed by atoms with E-state index in [-0.39, 0.29) is 0 Å². The summed E-state index contributed by atoms with van der Waals surface area (Å²) in [4.78, 5) is 0. The third-order valence-corrected chi connectivity index (χ3v) is 5.11. The normalized spacial score (nSPS) is 23.9. The molecule has 2 rings (SSSR count). The molecule has 1 aliphatic carbocycles. The van der Waals surface area contributed by atoms with Gasteiger partial charge in [-0.3, -0.25) is 4.68 Å². The van der Waals surface area contributed by atoms with Gasteiger partial charge in [-0.15, -0.1) is 0 Å². The van der Waals surface area contributed by atoms with Crippen LogP contribution in [0.2, 0.25) is 5.02 Å². The van der Waals surface area contributed by atoms with Gasteiger partial charge in [0.15, 0.2) is 0 Å². The lowest BCUT2D eigenvalue weighted by Crippen LogP contribution is -2.31. The van der Waals surface area contributed by atoms with Gasteiger partial charge in [0.2, 0.25) is 0 Å². The van der Waals surface area contributed by atoms with Gasteiger partial charge in [-0.2, -0.15) is 5.10 Å². The summed E-state index contributed by atoms with van der Waals surface area (Å²) in [5, 5.41) is 9.07. The fourth-order valence-corrected chi connectivity index (χ4v) is 3.87. The monoisotopic (exact) mass is 311 g/mol. The van der Waals surface area contributed by atoms with Gasteiger partial charge in [-0.1, -0.05) is 38.3 Å². The van der Waals surface area contributed by atoms with Crippen LogP contribution in [0.15, 0.2) is 6.20 Å². The van der Waals surface area contributed by atoms with Crippen LogP contribution in [-0.4, -0.2) is 16.3 Å². The van der Waals surface area contributed by atoms with Gasteiger partial charge in [-0.05, 0) is 51.5 Å². The number of hydrogen-bond acceptors (Lipinski definition) is 2. The molecule has 1 aromatic rings. The van der Waals surface area contributed by atoms with Gasteiger partial charge in [0.25, 0.3) is 0 Å². The van der Waals surface area contributed by atoms with Crippen molar-refractivity contribution in [2.75, 3.05) is 6.54 Å². The van der Waals surface area contributed by atoms with Gasteiger partial charge < -0.3 is 5.32 Å². The second-order valence-electron chi connectivity index (χ2n) is 6.70. The van der Waals surface area contributed by atoms with E-state index in [1.54, 1.807) is 0 Å². The number of aromatic nitrogens is 2. The van der Waals surface area contributed by atoms with E-state index in [0.29, 0.717) is 18.0 Å². The molecule has 0 bridgehead atoms. The highest BCUT2D eigenvalue weighted by molar-refractivity contribution is 6.31. The molecule has 1 N–H and O–H groups in total. The van der Waals surface area contributed by atoms with Crippen LogP contribution in [0.1, 0.15) is 77.6 Å². The van der Waals surface area contributed by atoms with Gasteiger partial charge in [0, 0.05) is 6.04 Å². The Kier molecular flexibility index (Phi) is 6.12. The summed E-state index contributed by atoms with van der Waals surface area (Å²) in [5.74, 6) is 1.57. The van der Waals surface area contributed by atoms with Crippen LogP contribution in [0.3, 0.4) is 0 Å². The van der Waals surface area contributed by atoms with Crippen LogP contribution in [-0.2, 0) is 0 Å². The van der Waals surface area contributed by atoms with Crippen molar-refractivity contribution in [3.8, 4) is 0 Å². The smallest absolute Gasteiger partial charge is 0.0834 e. The maximum Gasteiger partial charge on any atom is 0.0834 e. The molecule has 21 heavy (non-hydrogen) atoms. The average molecular weight is 312 g/mol. The summed E-state index contributed by atoms with van der Waals surface area (Å²) in [6, 6.07) is 0.695. The van der Waals surface area contributed by atoms with Gasteiger partial charge >= 0.3 is 0 Å². The lowest BCUT2D eigenvalue weighted by atomic mass is 9.93. The molecule has 0 saturated heterocycles. The summed E-state index contributed by atoms with van der Waals surface area (Å²) in [5.41, 5.74) is 1.20. The van der Waals surface area contributed by atoms with Crippen molar-refractivity contribution in [2.24, 2.45) is 11.8 Å². The summed E-state index contributed by atoms with van der Waals surface area (Å²) in [6.07, 6.45) is 8.24. The highest BCUT2D eigenvalue weighted by Crippen LogP contribution is 2.42. The minimum atomic E-state index is 0.346. The molecule has 0 radical (unpaired) electrons. The van der Waals surface area contributed by atoms with Crippen LogP contribution in [0, 0.1) is 11.8 Å². The number of nitrogens with one attached hydrogen (secondary N) is 1. The van der Waals surface area contributed by atoms with Crippen molar-refractivity contribution in [3.05, 3.63) is 16.9 Å². The molecular formula is C17H30ClN3. The first-order valence-electron chi connectivity index (χ1n) is 8.54. The maximum atomic E-state index is 6.49. The Morgan fingerprint density at radius 1 is 1.38 bits per heavy atom. The number of hydrogen-bond donors (Lipinski definition) is 1. The fraction of sp³-hybridized carbons (Fsp3) is 0.824. The van der Waals surface area contributed by atoms with Crippen LogP contribution in [0.5, 0.6) is 0 Å². The Bertz CT molecular complexity index is 441. The molecular weight excluding hydrogens is 282 g/mol. The molecule has 1 aromatic heterocycles. The number of rotatable bonds is 7. The molecule has 3 atom stereocenters. The second kappa shape index (κ2) is 7.64. The summed E-state index contributed by atoms with van der Waals surface area (Å²) < 4.78 is 2.11. The SMILES string of the molecule is CCCNC(c1c(Cl)cnn1C(C)C)C1CCC(CC)C1. The van der Waals surface area contributed by atoms with E-state index in [2.05, 4.69) is 42.8 Å². The highest BCUT2D eigenvalue weighted by atomic mass is 35.5. The average Bonchev–Trinajstić information content (AvgIpc) is 3.07. The summed E-state index contributed by atoms with van der Waals surface area (Å²) >= 11 is 6.49. The standard InChI is InChI=1S/C17H30ClN3/c1-5-9-19-16(14-8-7-13(6-2)10-14)17-15(18)11-20-21(17)12(3)4/h11-14,16,19H,5-10H2,1-4H3. The Labute approximate surface area is 134 Å². The van der Waals surface area contributed by atoms with Crippen molar-refractivity contribution in [1.82, 2.24) is 15.1 Å². The molecule has 3 unspecified atom stereocenters. The van der Waals surface area contributed by atoms with Crippen molar-refractivity contribution in [3.63, 3.8) is 0 Å². The Hall–Kier alpha value is -0.540. The van der Waals surface area contributed by atoms with Gasteiger partial charge in [0.1, 0.15) is 0 Å². The van der Waals surface area contributed by atoms with E-state index in [1.165, 1.54) is 31.4 Å². The van der Waals surface area contributed by atoms with E-state index in [4.69, 9.17) is 11.6 Å². The molecule has 120 valence electrons. The quantitative estimate of drug-likeness (QED) is 0.769. The first-order chi connectivity index (χ1) is 10.1. The molecule has 3 nitrogen and oxygen atoms in total. The zero-order valence-corrected chi connectivity index (χ0v) is 14.7. The molecule has 1 saturated carbocycles. The number of nitrogens with zero attached hydrogens (tertiary/aromatic N) is 2. The van der Waals surface area contributed by atoms with Crippen LogP contribution < -0.4 is 5.32 Å². The lowest BCUT2D eigenvalue weighted by Gasteiger charge is -2.27. The van der Waals surface area contributed by atoms with Crippen molar-refractivity contribution >= 4 is 11.6 Å². The predicted molar refractivity (Wildman–Crippen MR) is 89.8 cm³/mol. The molecule has 0 aromatic carbocycles. The van der Waals surface area contributed by atoms with Crippen LogP contribution in [0.4, 0.5) is 0 Å². The second-order valence-corrected chi connectivity index (χ2v) is 7.10. The largest absolute Gasteiger partial charge is 0.308 e. The topological polar surface area (TPSA) is 29.9 Å². The van der Waals surface area contributed by atoms with Gasteiger partial charge in [0.05, 0.1) is 23.0 Å². The molecule has 1 heterocycles. The summed E-state index contributed by atoms with van der Waals surface area (Å²) in [6.45, 7) is 9.92. The molecule has 1 fully saturated rings. The zero-order chi connectivity index (χ0) is 15.4. The van der Waals surface area contributed by atoms with E-state index < -0.39 is 0 Å². The zero-order valence-electron chi connectivity index (χ0n) is 13.9. The van der Waals surface area contributed by atoms with Crippen molar-refractivity contribution in [2.45, 2.75) is 71.9 Å². The van der Waals surface area contributed by atoms with Crippen LogP contribution >= 0.6 is 11.6 Å². The predicted octanol–water partition coefficient (Wildman–Crippen LogP) is 4.98. The fourth-order valence-electron chi connectivity index (χ4n) is 3.63.